The van der Waals surface area contributed by atoms with Gasteiger partial charge in [-0.25, -0.2) is 4.79 Å². The summed E-state index contributed by atoms with van der Waals surface area (Å²) in [6, 6.07) is 17.0. The maximum absolute atomic E-state index is 12.7. The van der Waals surface area contributed by atoms with Gasteiger partial charge >= 0.3 is 6.03 Å². The number of rotatable bonds is 3. The van der Waals surface area contributed by atoms with E-state index in [4.69, 9.17) is 4.74 Å². The fourth-order valence-corrected chi connectivity index (χ4v) is 4.96. The Bertz CT molecular complexity index is 1080. The van der Waals surface area contributed by atoms with Crippen LogP contribution in [0.2, 0.25) is 0 Å². The molecule has 0 aliphatic carbocycles. The van der Waals surface area contributed by atoms with E-state index in [9.17, 15) is 4.79 Å². The smallest absolute Gasteiger partial charge is 0.320 e. The number of aryl methyl sites for hydroxylation is 1. The molecule has 0 unspecified atom stereocenters. The third-order valence-electron chi connectivity index (χ3n) is 6.83. The summed E-state index contributed by atoms with van der Waals surface area (Å²) in [4.78, 5) is 21.3. The summed E-state index contributed by atoms with van der Waals surface area (Å²) in [5.41, 5.74) is 4.62. The molecular formula is C27H31N3O2. The first-order chi connectivity index (χ1) is 15.7. The van der Waals surface area contributed by atoms with Crippen LogP contribution in [-0.2, 0) is 0 Å². The predicted octanol–water partition coefficient (Wildman–Crippen LogP) is 5.66. The van der Waals surface area contributed by atoms with Crippen molar-refractivity contribution in [1.82, 2.24) is 14.8 Å². The van der Waals surface area contributed by atoms with Crippen LogP contribution in [0, 0.1) is 6.92 Å². The van der Waals surface area contributed by atoms with Gasteiger partial charge in [0.15, 0.2) is 0 Å². The van der Waals surface area contributed by atoms with Crippen molar-refractivity contribution in [3.8, 4) is 16.9 Å². The first-order valence-electron chi connectivity index (χ1n) is 11.8. The molecule has 0 spiro atoms. The molecule has 0 radical (unpaired) electrons. The minimum atomic E-state index is 0.165. The first kappa shape index (κ1) is 20.8. The number of urea groups is 1. The lowest BCUT2D eigenvalue weighted by Crippen LogP contribution is -2.49. The van der Waals surface area contributed by atoms with Crippen LogP contribution in [0.25, 0.3) is 22.0 Å². The maximum Gasteiger partial charge on any atom is 0.320 e. The third-order valence-corrected chi connectivity index (χ3v) is 6.83. The number of ether oxygens (including phenoxy) is 1. The maximum atomic E-state index is 12.7. The van der Waals surface area contributed by atoms with Crippen LogP contribution in [0.3, 0.4) is 0 Å². The first-order valence-corrected chi connectivity index (χ1v) is 11.8. The second-order valence-electron chi connectivity index (χ2n) is 8.97. The highest BCUT2D eigenvalue weighted by molar-refractivity contribution is 5.88. The number of likely N-dealkylation sites (tertiary alicyclic amines) is 2. The van der Waals surface area contributed by atoms with E-state index in [0.29, 0.717) is 0 Å². The van der Waals surface area contributed by atoms with Crippen molar-refractivity contribution in [2.24, 2.45) is 0 Å². The van der Waals surface area contributed by atoms with Crippen LogP contribution in [0.5, 0.6) is 5.75 Å². The topological polar surface area (TPSA) is 45.7 Å². The predicted molar refractivity (Wildman–Crippen MR) is 128 cm³/mol. The zero-order valence-corrected chi connectivity index (χ0v) is 18.8. The van der Waals surface area contributed by atoms with Crippen molar-refractivity contribution in [1.29, 1.82) is 0 Å². The van der Waals surface area contributed by atoms with Gasteiger partial charge in [-0.2, -0.15) is 0 Å². The Morgan fingerprint density at radius 2 is 1.62 bits per heavy atom. The van der Waals surface area contributed by atoms with E-state index in [2.05, 4.69) is 54.4 Å². The fourth-order valence-electron chi connectivity index (χ4n) is 4.96. The largest absolute Gasteiger partial charge is 0.490 e. The zero-order chi connectivity index (χ0) is 21.9. The van der Waals surface area contributed by atoms with Crippen molar-refractivity contribution >= 4 is 16.9 Å². The van der Waals surface area contributed by atoms with E-state index in [1.54, 1.807) is 0 Å². The van der Waals surface area contributed by atoms with Crippen molar-refractivity contribution in [3.63, 3.8) is 0 Å². The molecule has 0 bridgehead atoms. The van der Waals surface area contributed by atoms with Crippen LogP contribution in [-0.4, -0.2) is 53.1 Å². The molecule has 0 N–H and O–H groups in total. The number of pyridine rings is 1. The Balaban J connectivity index is 1.20. The van der Waals surface area contributed by atoms with Gasteiger partial charge in [0.25, 0.3) is 0 Å². The number of carbonyl (C=O) groups is 1. The third kappa shape index (κ3) is 4.29. The Morgan fingerprint density at radius 3 is 2.38 bits per heavy atom. The summed E-state index contributed by atoms with van der Waals surface area (Å²) in [5.74, 6) is 0.895. The molecule has 2 fully saturated rings. The highest BCUT2D eigenvalue weighted by atomic mass is 16.5. The van der Waals surface area contributed by atoms with Crippen LogP contribution >= 0.6 is 0 Å². The molecule has 0 saturated carbocycles. The molecule has 3 aromatic rings. The van der Waals surface area contributed by atoms with Crippen LogP contribution in [0.1, 0.15) is 37.7 Å². The minimum absolute atomic E-state index is 0.165. The van der Waals surface area contributed by atoms with Gasteiger partial charge in [-0.3, -0.25) is 4.98 Å². The van der Waals surface area contributed by atoms with Crippen molar-refractivity contribution in [2.75, 3.05) is 26.2 Å². The SMILES string of the molecule is Cc1c(-c2ccc(OC3CCN(C(=O)N4CCCCC4)CC3)cc2)ccc2cccnc12. The van der Waals surface area contributed by atoms with Gasteiger partial charge in [-0.1, -0.05) is 30.3 Å². The van der Waals surface area contributed by atoms with Gasteiger partial charge in [0.1, 0.15) is 11.9 Å². The average molecular weight is 430 g/mol. The van der Waals surface area contributed by atoms with E-state index in [-0.39, 0.29) is 12.1 Å². The molecule has 2 amide bonds. The van der Waals surface area contributed by atoms with Crippen LogP contribution in [0.15, 0.2) is 54.7 Å². The van der Waals surface area contributed by atoms with E-state index in [1.807, 2.05) is 22.1 Å². The highest BCUT2D eigenvalue weighted by Gasteiger charge is 2.27. The Kier molecular flexibility index (Phi) is 5.97. The number of benzene rings is 2. The monoisotopic (exact) mass is 429 g/mol. The zero-order valence-electron chi connectivity index (χ0n) is 18.8. The summed E-state index contributed by atoms with van der Waals surface area (Å²) < 4.78 is 6.26. The molecule has 2 aromatic carbocycles. The summed E-state index contributed by atoms with van der Waals surface area (Å²) in [5, 5.41) is 1.17. The van der Waals surface area contributed by atoms with E-state index in [1.165, 1.54) is 28.5 Å². The van der Waals surface area contributed by atoms with E-state index in [0.717, 1.165) is 63.1 Å². The van der Waals surface area contributed by atoms with Gasteiger partial charge in [0, 0.05) is 50.6 Å². The van der Waals surface area contributed by atoms with Gasteiger partial charge in [0.2, 0.25) is 0 Å². The second-order valence-corrected chi connectivity index (χ2v) is 8.97. The molecule has 0 atom stereocenters. The molecule has 32 heavy (non-hydrogen) atoms. The normalized spacial score (nSPS) is 17.5. The van der Waals surface area contributed by atoms with Crippen LogP contribution < -0.4 is 4.74 Å². The summed E-state index contributed by atoms with van der Waals surface area (Å²) in [6.45, 7) is 5.51. The number of piperidine rings is 2. The lowest BCUT2D eigenvalue weighted by molar-refractivity contribution is 0.0913. The number of nitrogens with zero attached hydrogens (tertiary/aromatic N) is 3. The number of hydrogen-bond donors (Lipinski definition) is 0. The average Bonchev–Trinajstić information content (AvgIpc) is 2.86. The Hall–Kier alpha value is -3.08. The summed E-state index contributed by atoms with van der Waals surface area (Å²) in [7, 11) is 0. The quantitative estimate of drug-likeness (QED) is 0.540. The molecular weight excluding hydrogens is 398 g/mol. The molecule has 2 saturated heterocycles. The molecule has 1 aromatic heterocycles. The number of amides is 2. The number of aromatic nitrogens is 1. The van der Waals surface area contributed by atoms with Crippen molar-refractivity contribution in [3.05, 3.63) is 60.3 Å². The minimum Gasteiger partial charge on any atom is -0.490 e. The molecule has 2 aliphatic heterocycles. The standard InChI is InChI=1S/C27H31N3O2/c1-20-25(12-9-22-6-5-15-28-26(20)22)21-7-10-23(11-8-21)32-24-13-18-30(19-14-24)27(31)29-16-3-2-4-17-29/h5-12,15,24H,2-4,13-14,16-19H2,1H3. The Morgan fingerprint density at radius 1 is 0.906 bits per heavy atom. The van der Waals surface area contributed by atoms with Crippen molar-refractivity contribution in [2.45, 2.75) is 45.1 Å². The fraction of sp³-hybridized carbons (Fsp3) is 0.407. The summed E-state index contributed by atoms with van der Waals surface area (Å²) in [6.07, 6.45) is 7.30. The molecule has 5 heteroatoms. The molecule has 166 valence electrons. The molecule has 5 nitrogen and oxygen atoms in total. The Labute approximate surface area is 190 Å². The molecule has 5 rings (SSSR count). The number of hydrogen-bond acceptors (Lipinski definition) is 3. The van der Waals surface area contributed by atoms with E-state index < -0.39 is 0 Å². The summed E-state index contributed by atoms with van der Waals surface area (Å²) >= 11 is 0. The lowest BCUT2D eigenvalue weighted by Gasteiger charge is -2.37. The van der Waals surface area contributed by atoms with Gasteiger partial charge < -0.3 is 14.5 Å². The lowest BCUT2D eigenvalue weighted by atomic mass is 9.98. The molecule has 3 heterocycles. The number of fused-ring (bicyclic) bond motifs is 1. The highest BCUT2D eigenvalue weighted by Crippen LogP contribution is 2.30. The van der Waals surface area contributed by atoms with Crippen molar-refractivity contribution < 1.29 is 9.53 Å². The van der Waals surface area contributed by atoms with Gasteiger partial charge in [0.05, 0.1) is 5.52 Å². The van der Waals surface area contributed by atoms with E-state index >= 15 is 0 Å². The van der Waals surface area contributed by atoms with Crippen LogP contribution in [0.4, 0.5) is 4.79 Å². The van der Waals surface area contributed by atoms with Gasteiger partial charge in [-0.15, -0.1) is 0 Å². The second kappa shape index (κ2) is 9.19. The number of carbonyl (C=O) groups excluding carboxylic acids is 1. The van der Waals surface area contributed by atoms with Gasteiger partial charge in [-0.05, 0) is 61.1 Å². The molecule has 2 aliphatic rings.